The number of hydrogen-bond acceptors (Lipinski definition) is 3. The highest BCUT2D eigenvalue weighted by Crippen LogP contribution is 2.15. The summed E-state index contributed by atoms with van der Waals surface area (Å²) in [5.74, 6) is -0.222. The van der Waals surface area contributed by atoms with Gasteiger partial charge < -0.3 is 5.32 Å². The normalized spacial score (nSPS) is 11.1. The lowest BCUT2D eigenvalue weighted by molar-refractivity contribution is 0.0953. The van der Waals surface area contributed by atoms with Crippen LogP contribution in [0.4, 0.5) is 0 Å². The summed E-state index contributed by atoms with van der Waals surface area (Å²) in [6.07, 6.45) is 0.847. The molecular weight excluding hydrogens is 250 g/mol. The average Bonchev–Trinajstić information content (AvgIpc) is 2.25. The Hall–Kier alpha value is -1.07. The van der Waals surface area contributed by atoms with Crippen LogP contribution in [-0.4, -0.2) is 20.9 Å². The number of benzene rings is 1. The lowest BCUT2D eigenvalue weighted by Gasteiger charge is -2.03. The number of rotatable bonds is 4. The van der Waals surface area contributed by atoms with Gasteiger partial charge in [-0.3, -0.25) is 4.79 Å². The zero-order chi connectivity index (χ0) is 12.2. The first-order chi connectivity index (χ1) is 7.45. The molecule has 0 aromatic heterocycles. The van der Waals surface area contributed by atoms with Crippen LogP contribution >= 0.6 is 10.7 Å². The fourth-order valence-corrected chi connectivity index (χ4v) is 1.88. The second kappa shape index (κ2) is 5.32. The molecule has 0 aliphatic rings. The number of carbonyl (C=O) groups is 1. The number of halogens is 1. The van der Waals surface area contributed by atoms with Crippen molar-refractivity contribution in [2.75, 3.05) is 6.54 Å². The molecule has 0 fully saturated rings. The molecule has 4 nitrogen and oxygen atoms in total. The van der Waals surface area contributed by atoms with Gasteiger partial charge >= 0.3 is 0 Å². The van der Waals surface area contributed by atoms with Gasteiger partial charge in [-0.25, -0.2) is 8.42 Å². The second-order valence-electron chi connectivity index (χ2n) is 3.22. The van der Waals surface area contributed by atoms with Crippen molar-refractivity contribution in [2.45, 2.75) is 18.2 Å². The molecule has 1 N–H and O–H groups in total. The molecule has 0 spiro atoms. The van der Waals surface area contributed by atoms with E-state index in [-0.39, 0.29) is 10.8 Å². The Morgan fingerprint density at radius 1 is 1.31 bits per heavy atom. The van der Waals surface area contributed by atoms with Gasteiger partial charge in [0.1, 0.15) is 0 Å². The number of nitrogens with one attached hydrogen (secondary N) is 1. The minimum atomic E-state index is -3.72. The minimum absolute atomic E-state index is 0.0128. The summed E-state index contributed by atoms with van der Waals surface area (Å²) >= 11 is 0. The molecule has 0 bridgehead atoms. The van der Waals surface area contributed by atoms with E-state index in [0.29, 0.717) is 12.1 Å². The SMILES string of the molecule is CCCNC(=O)c1ccc(S(=O)(=O)Cl)cc1. The Morgan fingerprint density at radius 3 is 2.31 bits per heavy atom. The van der Waals surface area contributed by atoms with Gasteiger partial charge in [-0.1, -0.05) is 6.92 Å². The summed E-state index contributed by atoms with van der Waals surface area (Å²) in [5, 5.41) is 2.69. The summed E-state index contributed by atoms with van der Waals surface area (Å²) in [5.41, 5.74) is 0.414. The Bertz CT molecular complexity index is 467. The largest absolute Gasteiger partial charge is 0.352 e. The molecule has 0 heterocycles. The first-order valence-corrected chi connectivity index (χ1v) is 7.09. The lowest BCUT2D eigenvalue weighted by atomic mass is 10.2. The van der Waals surface area contributed by atoms with Gasteiger partial charge in [0.2, 0.25) is 0 Å². The van der Waals surface area contributed by atoms with E-state index in [2.05, 4.69) is 5.32 Å². The van der Waals surface area contributed by atoms with E-state index in [0.717, 1.165) is 6.42 Å². The maximum Gasteiger partial charge on any atom is 0.261 e. The van der Waals surface area contributed by atoms with Crippen molar-refractivity contribution in [2.24, 2.45) is 0 Å². The smallest absolute Gasteiger partial charge is 0.261 e. The van der Waals surface area contributed by atoms with Gasteiger partial charge in [0, 0.05) is 22.8 Å². The molecule has 0 saturated carbocycles. The van der Waals surface area contributed by atoms with Crippen molar-refractivity contribution >= 4 is 25.6 Å². The molecule has 1 aromatic rings. The van der Waals surface area contributed by atoms with Crippen molar-refractivity contribution in [1.29, 1.82) is 0 Å². The molecule has 88 valence electrons. The molecule has 1 aromatic carbocycles. The number of hydrogen-bond donors (Lipinski definition) is 1. The zero-order valence-corrected chi connectivity index (χ0v) is 10.3. The van der Waals surface area contributed by atoms with Crippen molar-refractivity contribution in [3.05, 3.63) is 29.8 Å². The third-order valence-electron chi connectivity index (χ3n) is 1.93. The van der Waals surface area contributed by atoms with E-state index in [1.54, 1.807) is 0 Å². The first-order valence-electron chi connectivity index (χ1n) is 4.78. The van der Waals surface area contributed by atoms with Gasteiger partial charge in [-0.2, -0.15) is 0 Å². The average molecular weight is 262 g/mol. The van der Waals surface area contributed by atoms with E-state index in [1.807, 2.05) is 6.92 Å². The third kappa shape index (κ3) is 3.50. The van der Waals surface area contributed by atoms with Crippen molar-refractivity contribution in [3.8, 4) is 0 Å². The van der Waals surface area contributed by atoms with Gasteiger partial charge in [-0.15, -0.1) is 0 Å². The minimum Gasteiger partial charge on any atom is -0.352 e. The van der Waals surface area contributed by atoms with E-state index in [9.17, 15) is 13.2 Å². The molecule has 0 saturated heterocycles. The Kier molecular flexibility index (Phi) is 4.32. The van der Waals surface area contributed by atoms with Crippen LogP contribution in [-0.2, 0) is 9.05 Å². The van der Waals surface area contributed by atoms with Gasteiger partial charge in [0.05, 0.1) is 4.90 Å². The molecule has 0 unspecified atom stereocenters. The highest BCUT2D eigenvalue weighted by molar-refractivity contribution is 8.13. The zero-order valence-electron chi connectivity index (χ0n) is 8.73. The van der Waals surface area contributed by atoms with Crippen molar-refractivity contribution < 1.29 is 13.2 Å². The van der Waals surface area contributed by atoms with E-state index in [4.69, 9.17) is 10.7 Å². The maximum absolute atomic E-state index is 11.5. The molecule has 16 heavy (non-hydrogen) atoms. The van der Waals surface area contributed by atoms with Crippen LogP contribution in [0.1, 0.15) is 23.7 Å². The summed E-state index contributed by atoms with van der Waals surface area (Å²) in [7, 11) is 1.42. The molecule has 0 aliphatic carbocycles. The van der Waals surface area contributed by atoms with Crippen LogP contribution in [0, 0.1) is 0 Å². The van der Waals surface area contributed by atoms with Gasteiger partial charge in [0.15, 0.2) is 0 Å². The van der Waals surface area contributed by atoms with Crippen LogP contribution in [0.2, 0.25) is 0 Å². The fourth-order valence-electron chi connectivity index (χ4n) is 1.11. The first kappa shape index (κ1) is 13.0. The monoisotopic (exact) mass is 261 g/mol. The highest BCUT2D eigenvalue weighted by Gasteiger charge is 2.11. The summed E-state index contributed by atoms with van der Waals surface area (Å²) in [6.45, 7) is 2.54. The van der Waals surface area contributed by atoms with Crippen LogP contribution in [0.15, 0.2) is 29.2 Å². The predicted octanol–water partition coefficient (Wildman–Crippen LogP) is 1.75. The van der Waals surface area contributed by atoms with Crippen LogP contribution in [0.5, 0.6) is 0 Å². The van der Waals surface area contributed by atoms with E-state index >= 15 is 0 Å². The third-order valence-corrected chi connectivity index (χ3v) is 3.30. The van der Waals surface area contributed by atoms with Crippen LogP contribution in [0.25, 0.3) is 0 Å². The Balaban J connectivity index is 2.83. The van der Waals surface area contributed by atoms with Crippen molar-refractivity contribution in [1.82, 2.24) is 5.32 Å². The summed E-state index contributed by atoms with van der Waals surface area (Å²) < 4.78 is 21.9. The molecular formula is C10H12ClNO3S. The molecule has 0 aliphatic heterocycles. The van der Waals surface area contributed by atoms with Gasteiger partial charge in [0.25, 0.3) is 15.0 Å². The van der Waals surface area contributed by atoms with E-state index < -0.39 is 9.05 Å². The number of amides is 1. The molecule has 1 rings (SSSR count). The molecule has 0 atom stereocenters. The lowest BCUT2D eigenvalue weighted by Crippen LogP contribution is -2.23. The number of carbonyl (C=O) groups excluding carboxylic acids is 1. The van der Waals surface area contributed by atoms with Crippen LogP contribution in [0.3, 0.4) is 0 Å². The maximum atomic E-state index is 11.5. The summed E-state index contributed by atoms with van der Waals surface area (Å²) in [4.78, 5) is 11.5. The van der Waals surface area contributed by atoms with Crippen molar-refractivity contribution in [3.63, 3.8) is 0 Å². The molecule has 6 heteroatoms. The molecule has 1 amide bonds. The quantitative estimate of drug-likeness (QED) is 0.840. The predicted molar refractivity (Wildman–Crippen MR) is 62.1 cm³/mol. The summed E-state index contributed by atoms with van der Waals surface area (Å²) in [6, 6.07) is 5.48. The topological polar surface area (TPSA) is 63.2 Å². The van der Waals surface area contributed by atoms with E-state index in [1.165, 1.54) is 24.3 Å². The second-order valence-corrected chi connectivity index (χ2v) is 5.78. The van der Waals surface area contributed by atoms with Gasteiger partial charge in [-0.05, 0) is 30.7 Å². The fraction of sp³-hybridized carbons (Fsp3) is 0.300. The Labute approximate surface area is 99.0 Å². The standard InChI is InChI=1S/C10H12ClNO3S/c1-2-7-12-10(13)8-3-5-9(6-4-8)16(11,14)15/h3-6H,2,7H2,1H3,(H,12,13). The molecule has 0 radical (unpaired) electrons. The highest BCUT2D eigenvalue weighted by atomic mass is 35.7. The Morgan fingerprint density at radius 2 is 1.88 bits per heavy atom. The van der Waals surface area contributed by atoms with Crippen LogP contribution < -0.4 is 5.32 Å².